The van der Waals surface area contributed by atoms with Gasteiger partial charge in [-0.2, -0.15) is 5.26 Å². The molecule has 1 aromatic heterocycles. The van der Waals surface area contributed by atoms with Gasteiger partial charge in [0.1, 0.15) is 5.82 Å². The molecule has 136 valence electrons. The summed E-state index contributed by atoms with van der Waals surface area (Å²) < 4.78 is 0. The molecule has 2 amide bonds. The number of aromatic nitrogens is 1. The molecule has 2 aliphatic heterocycles. The summed E-state index contributed by atoms with van der Waals surface area (Å²) in [7, 11) is 0. The van der Waals surface area contributed by atoms with Crippen molar-refractivity contribution >= 4 is 17.6 Å². The van der Waals surface area contributed by atoms with Gasteiger partial charge in [-0.1, -0.05) is 12.8 Å². The Kier molecular flexibility index (Phi) is 4.37. The molecule has 26 heavy (non-hydrogen) atoms. The Balaban J connectivity index is 1.36. The molecular formula is C19H23N5O2. The van der Waals surface area contributed by atoms with E-state index in [-0.39, 0.29) is 17.2 Å². The average molecular weight is 353 g/mol. The number of carbonyl (C=O) groups is 2. The molecular weight excluding hydrogens is 330 g/mol. The zero-order valence-corrected chi connectivity index (χ0v) is 14.9. The zero-order chi connectivity index (χ0) is 18.1. The first-order valence-corrected chi connectivity index (χ1v) is 9.30. The van der Waals surface area contributed by atoms with Crippen LogP contribution >= 0.6 is 0 Å². The maximum Gasteiger partial charge on any atom is 0.237 e. The van der Waals surface area contributed by atoms with Crippen LogP contribution in [0.5, 0.6) is 0 Å². The highest BCUT2D eigenvalue weighted by Gasteiger charge is 2.52. The lowest BCUT2D eigenvalue weighted by molar-refractivity contribution is -0.143. The minimum Gasteiger partial charge on any atom is -0.354 e. The molecule has 0 radical (unpaired) electrons. The molecule has 3 fully saturated rings. The first-order valence-electron chi connectivity index (χ1n) is 9.30. The number of likely N-dealkylation sites (tertiary alicyclic amines) is 1. The number of hydrogen-bond acceptors (Lipinski definition) is 6. The Morgan fingerprint density at radius 3 is 2.58 bits per heavy atom. The largest absolute Gasteiger partial charge is 0.354 e. The smallest absolute Gasteiger partial charge is 0.237 e. The molecule has 7 nitrogen and oxygen atoms in total. The van der Waals surface area contributed by atoms with E-state index in [4.69, 9.17) is 5.26 Å². The third kappa shape index (κ3) is 2.95. The highest BCUT2D eigenvalue weighted by molar-refractivity contribution is 6.06. The molecule has 0 unspecified atom stereocenters. The van der Waals surface area contributed by atoms with Gasteiger partial charge < -0.3 is 4.90 Å². The first kappa shape index (κ1) is 17.0. The van der Waals surface area contributed by atoms with E-state index >= 15 is 0 Å². The molecule has 0 aromatic carbocycles. The number of hydrogen-bond donors (Lipinski definition) is 0. The number of nitriles is 1. The fraction of sp³-hybridized carbons (Fsp3) is 0.579. The molecule has 3 heterocycles. The Morgan fingerprint density at radius 2 is 1.88 bits per heavy atom. The summed E-state index contributed by atoms with van der Waals surface area (Å²) in [5.41, 5.74) is 0.216. The third-order valence-corrected chi connectivity index (χ3v) is 5.96. The Labute approximate surface area is 153 Å². The van der Waals surface area contributed by atoms with Crippen LogP contribution in [0.15, 0.2) is 18.3 Å². The van der Waals surface area contributed by atoms with Crippen molar-refractivity contribution in [3.63, 3.8) is 0 Å². The SMILES string of the molecule is N#Cc1ccnc(N2CCN(CN3C(=O)CC4(CCCC4)C3=O)CC2)c1. The molecule has 7 heteroatoms. The van der Waals surface area contributed by atoms with E-state index in [1.54, 1.807) is 18.3 Å². The number of amides is 2. The van der Waals surface area contributed by atoms with Gasteiger partial charge in [0, 0.05) is 38.8 Å². The van der Waals surface area contributed by atoms with E-state index in [0.29, 0.717) is 18.7 Å². The summed E-state index contributed by atoms with van der Waals surface area (Å²) in [6.45, 7) is 3.47. The van der Waals surface area contributed by atoms with Crippen molar-refractivity contribution in [3.05, 3.63) is 23.9 Å². The summed E-state index contributed by atoms with van der Waals surface area (Å²) >= 11 is 0. The van der Waals surface area contributed by atoms with E-state index in [2.05, 4.69) is 20.9 Å². The van der Waals surface area contributed by atoms with E-state index < -0.39 is 0 Å². The molecule has 1 aliphatic carbocycles. The van der Waals surface area contributed by atoms with Crippen LogP contribution in [-0.4, -0.2) is 59.4 Å². The van der Waals surface area contributed by atoms with Gasteiger partial charge in [-0.15, -0.1) is 0 Å². The average Bonchev–Trinajstić information content (AvgIpc) is 3.23. The van der Waals surface area contributed by atoms with E-state index in [0.717, 1.165) is 57.7 Å². The van der Waals surface area contributed by atoms with E-state index in [1.165, 1.54) is 4.90 Å². The molecule has 1 spiro atoms. The minimum atomic E-state index is -0.388. The normalized spacial score (nSPS) is 23.0. The van der Waals surface area contributed by atoms with E-state index in [9.17, 15) is 9.59 Å². The zero-order valence-electron chi connectivity index (χ0n) is 14.9. The van der Waals surface area contributed by atoms with Gasteiger partial charge in [0.15, 0.2) is 0 Å². The number of imide groups is 1. The van der Waals surface area contributed by atoms with Crippen LogP contribution in [0.1, 0.15) is 37.7 Å². The fourth-order valence-corrected chi connectivity index (χ4v) is 4.42. The van der Waals surface area contributed by atoms with Crippen LogP contribution in [0, 0.1) is 16.7 Å². The number of rotatable bonds is 3. The fourth-order valence-electron chi connectivity index (χ4n) is 4.42. The molecule has 4 rings (SSSR count). The van der Waals surface area contributed by atoms with E-state index in [1.807, 2.05) is 0 Å². The summed E-state index contributed by atoms with van der Waals surface area (Å²) in [6, 6.07) is 5.63. The van der Waals surface area contributed by atoms with Crippen molar-refractivity contribution in [2.75, 3.05) is 37.7 Å². The quantitative estimate of drug-likeness (QED) is 0.763. The number of piperazine rings is 1. The maximum atomic E-state index is 12.8. The molecule has 0 atom stereocenters. The molecule has 3 aliphatic rings. The number of pyridine rings is 1. The second-order valence-corrected chi connectivity index (χ2v) is 7.55. The van der Waals surface area contributed by atoms with Gasteiger partial charge in [-0.05, 0) is 25.0 Å². The van der Waals surface area contributed by atoms with Crippen molar-refractivity contribution in [2.24, 2.45) is 5.41 Å². The summed E-state index contributed by atoms with van der Waals surface area (Å²) in [4.78, 5) is 35.3. The summed E-state index contributed by atoms with van der Waals surface area (Å²) in [6.07, 6.45) is 5.89. The van der Waals surface area contributed by atoms with Gasteiger partial charge in [0.05, 0.1) is 23.7 Å². The van der Waals surface area contributed by atoms with Crippen molar-refractivity contribution in [1.82, 2.24) is 14.8 Å². The predicted octanol–water partition coefficient (Wildman–Crippen LogP) is 1.35. The molecule has 0 N–H and O–H groups in total. The van der Waals surface area contributed by atoms with Crippen molar-refractivity contribution in [2.45, 2.75) is 32.1 Å². The molecule has 2 saturated heterocycles. The van der Waals surface area contributed by atoms with Gasteiger partial charge in [-0.3, -0.25) is 19.4 Å². The Bertz CT molecular complexity index is 757. The monoisotopic (exact) mass is 353 g/mol. The number of carbonyl (C=O) groups excluding carboxylic acids is 2. The molecule has 1 saturated carbocycles. The lowest BCUT2D eigenvalue weighted by Gasteiger charge is -2.37. The lowest BCUT2D eigenvalue weighted by Crippen LogP contribution is -2.51. The second kappa shape index (κ2) is 6.69. The van der Waals surface area contributed by atoms with Crippen LogP contribution in [0.4, 0.5) is 5.82 Å². The highest BCUT2D eigenvalue weighted by Crippen LogP contribution is 2.46. The van der Waals surface area contributed by atoms with Gasteiger partial charge in [-0.25, -0.2) is 4.98 Å². The van der Waals surface area contributed by atoms with Gasteiger partial charge >= 0.3 is 0 Å². The number of nitrogens with zero attached hydrogens (tertiary/aromatic N) is 5. The lowest BCUT2D eigenvalue weighted by atomic mass is 9.85. The van der Waals surface area contributed by atoms with Crippen LogP contribution < -0.4 is 4.90 Å². The summed E-state index contributed by atoms with van der Waals surface area (Å²) in [5, 5.41) is 9.03. The minimum absolute atomic E-state index is 0.0114. The molecule has 1 aromatic rings. The van der Waals surface area contributed by atoms with Crippen molar-refractivity contribution < 1.29 is 9.59 Å². The van der Waals surface area contributed by atoms with Crippen LogP contribution in [-0.2, 0) is 9.59 Å². The van der Waals surface area contributed by atoms with Crippen molar-refractivity contribution in [1.29, 1.82) is 5.26 Å². The van der Waals surface area contributed by atoms with Gasteiger partial charge in [0.25, 0.3) is 0 Å². The van der Waals surface area contributed by atoms with Gasteiger partial charge in [0.2, 0.25) is 11.8 Å². The van der Waals surface area contributed by atoms with Crippen LogP contribution in [0.3, 0.4) is 0 Å². The standard InChI is InChI=1S/C19H23N5O2/c20-13-15-3-6-21-16(11-15)23-9-7-22(8-10-23)14-24-17(25)12-19(18(24)26)4-1-2-5-19/h3,6,11H,1-2,4-5,7-10,12,14H2. The summed E-state index contributed by atoms with van der Waals surface area (Å²) in [5.74, 6) is 0.843. The van der Waals surface area contributed by atoms with Crippen LogP contribution in [0.2, 0.25) is 0 Å². The van der Waals surface area contributed by atoms with Crippen LogP contribution in [0.25, 0.3) is 0 Å². The maximum absolute atomic E-state index is 12.8. The Hall–Kier alpha value is -2.46. The third-order valence-electron chi connectivity index (χ3n) is 5.96. The van der Waals surface area contributed by atoms with Crippen molar-refractivity contribution in [3.8, 4) is 6.07 Å². The second-order valence-electron chi connectivity index (χ2n) is 7.55. The number of anilines is 1. The first-order chi connectivity index (χ1) is 12.6. The highest BCUT2D eigenvalue weighted by atomic mass is 16.2. The predicted molar refractivity (Wildman–Crippen MR) is 95.0 cm³/mol. The topological polar surface area (TPSA) is 80.5 Å². The molecule has 0 bridgehead atoms. The Morgan fingerprint density at radius 1 is 1.15 bits per heavy atom.